The third-order valence-corrected chi connectivity index (χ3v) is 7.30. The number of nitrogens with two attached hydrogens (primary N) is 1. The molecule has 0 radical (unpaired) electrons. The Hall–Kier alpha value is -4.01. The number of allylic oxidation sites excluding steroid dienone is 1. The minimum atomic E-state index is -0.482. The van der Waals surface area contributed by atoms with Gasteiger partial charge >= 0.3 is 0 Å². The van der Waals surface area contributed by atoms with Gasteiger partial charge in [-0.2, -0.15) is 0 Å². The minimum Gasteiger partial charge on any atom is -0.497 e. The number of benzene rings is 2. The molecule has 4 rings (SSSR count). The standard InChI is InChI=1S/C27H32N4O5/c1-34-20-5-7-22(24(15-20)36-3)25(32)30-11-8-27(9-12-30)10-13-31(26(27)33)19-4-6-21(18(16-28)17-29)23(14-19)35-2/h4-7,14-17,28H,8-13,29H2,1-3H3/b18-17+,28-16?. The van der Waals surface area contributed by atoms with Gasteiger partial charge in [0.2, 0.25) is 5.91 Å². The van der Waals surface area contributed by atoms with E-state index in [2.05, 4.69) is 0 Å². The van der Waals surface area contributed by atoms with Crippen LogP contribution in [0.25, 0.3) is 5.57 Å². The first-order chi connectivity index (χ1) is 17.4. The zero-order valence-electron chi connectivity index (χ0n) is 20.9. The maximum atomic E-state index is 13.6. The van der Waals surface area contributed by atoms with E-state index in [0.717, 1.165) is 12.1 Å². The maximum absolute atomic E-state index is 13.6. The van der Waals surface area contributed by atoms with Crippen LogP contribution in [0.2, 0.25) is 0 Å². The molecule has 3 N–H and O–H groups in total. The average Bonchev–Trinajstić information content (AvgIpc) is 3.24. The van der Waals surface area contributed by atoms with Gasteiger partial charge in [-0.25, -0.2) is 0 Å². The molecular weight excluding hydrogens is 460 g/mol. The summed E-state index contributed by atoms with van der Waals surface area (Å²) in [5.41, 5.74) is 7.62. The molecule has 0 saturated carbocycles. The molecule has 0 aliphatic carbocycles. The van der Waals surface area contributed by atoms with E-state index in [9.17, 15) is 9.59 Å². The van der Waals surface area contributed by atoms with E-state index in [1.165, 1.54) is 19.5 Å². The lowest BCUT2D eigenvalue weighted by Crippen LogP contribution is -2.46. The number of hydrogen-bond donors (Lipinski definition) is 2. The summed E-state index contributed by atoms with van der Waals surface area (Å²) in [6.07, 6.45) is 4.48. The number of rotatable bonds is 7. The van der Waals surface area contributed by atoms with Gasteiger partial charge in [-0.15, -0.1) is 0 Å². The molecule has 9 nitrogen and oxygen atoms in total. The third kappa shape index (κ3) is 4.36. The van der Waals surface area contributed by atoms with Crippen LogP contribution in [0, 0.1) is 10.8 Å². The fourth-order valence-electron chi connectivity index (χ4n) is 5.12. The molecule has 190 valence electrons. The SMILES string of the molecule is COc1ccc(C(=O)N2CCC3(CC2)CCN(c2ccc(/C(C=N)=C/N)c(OC)c2)C3=O)c(OC)c1. The molecule has 2 fully saturated rings. The molecule has 2 amide bonds. The lowest BCUT2D eigenvalue weighted by atomic mass is 9.77. The number of anilines is 1. The molecule has 2 aromatic rings. The van der Waals surface area contributed by atoms with Crippen LogP contribution in [-0.2, 0) is 4.79 Å². The number of nitrogens with one attached hydrogen (secondary N) is 1. The van der Waals surface area contributed by atoms with E-state index in [4.69, 9.17) is 25.4 Å². The smallest absolute Gasteiger partial charge is 0.257 e. The molecule has 2 aliphatic heterocycles. The van der Waals surface area contributed by atoms with Crippen molar-refractivity contribution in [3.8, 4) is 17.2 Å². The van der Waals surface area contributed by atoms with Crippen molar-refractivity contribution in [1.82, 2.24) is 4.90 Å². The summed E-state index contributed by atoms with van der Waals surface area (Å²) in [5.74, 6) is 1.61. The van der Waals surface area contributed by atoms with Crippen LogP contribution >= 0.6 is 0 Å². The average molecular weight is 493 g/mol. The molecule has 2 heterocycles. The normalized spacial score (nSPS) is 17.3. The predicted molar refractivity (Wildman–Crippen MR) is 138 cm³/mol. The lowest BCUT2D eigenvalue weighted by molar-refractivity contribution is -0.127. The van der Waals surface area contributed by atoms with Crippen molar-refractivity contribution in [3.63, 3.8) is 0 Å². The van der Waals surface area contributed by atoms with Crippen molar-refractivity contribution in [1.29, 1.82) is 5.41 Å². The molecule has 2 aliphatic rings. The molecule has 0 atom stereocenters. The molecule has 0 unspecified atom stereocenters. The minimum absolute atomic E-state index is 0.0769. The van der Waals surface area contributed by atoms with Gasteiger partial charge in [0.15, 0.2) is 0 Å². The number of likely N-dealkylation sites (tertiary alicyclic amines) is 1. The van der Waals surface area contributed by atoms with Crippen LogP contribution < -0.4 is 24.8 Å². The quantitative estimate of drug-likeness (QED) is 0.573. The summed E-state index contributed by atoms with van der Waals surface area (Å²) in [4.78, 5) is 30.4. The second kappa shape index (κ2) is 10.3. The van der Waals surface area contributed by atoms with E-state index in [-0.39, 0.29) is 11.8 Å². The van der Waals surface area contributed by atoms with Crippen molar-refractivity contribution in [3.05, 3.63) is 53.7 Å². The highest BCUT2D eigenvalue weighted by Gasteiger charge is 2.49. The van der Waals surface area contributed by atoms with E-state index in [1.807, 2.05) is 18.2 Å². The van der Waals surface area contributed by atoms with Gasteiger partial charge < -0.3 is 35.2 Å². The largest absolute Gasteiger partial charge is 0.497 e. The maximum Gasteiger partial charge on any atom is 0.257 e. The summed E-state index contributed by atoms with van der Waals surface area (Å²) in [6.45, 7) is 1.60. The summed E-state index contributed by atoms with van der Waals surface area (Å²) in [5, 5.41) is 7.56. The fourth-order valence-corrected chi connectivity index (χ4v) is 5.12. The van der Waals surface area contributed by atoms with E-state index >= 15 is 0 Å². The highest BCUT2D eigenvalue weighted by Crippen LogP contribution is 2.44. The monoisotopic (exact) mass is 492 g/mol. The van der Waals surface area contributed by atoms with Crippen molar-refractivity contribution in [2.75, 3.05) is 45.9 Å². The van der Waals surface area contributed by atoms with Gasteiger partial charge in [0.1, 0.15) is 17.2 Å². The highest BCUT2D eigenvalue weighted by molar-refractivity contribution is 6.09. The van der Waals surface area contributed by atoms with E-state index in [0.29, 0.717) is 66.4 Å². The zero-order valence-corrected chi connectivity index (χ0v) is 20.9. The van der Waals surface area contributed by atoms with Gasteiger partial charge in [-0.05, 0) is 43.5 Å². The van der Waals surface area contributed by atoms with Crippen molar-refractivity contribution >= 4 is 29.3 Å². The number of nitrogens with zero attached hydrogens (tertiary/aromatic N) is 2. The summed E-state index contributed by atoms with van der Waals surface area (Å²) in [7, 11) is 4.65. The van der Waals surface area contributed by atoms with Gasteiger partial charge in [-0.3, -0.25) is 9.59 Å². The van der Waals surface area contributed by atoms with E-state index in [1.54, 1.807) is 42.2 Å². The number of hydrogen-bond acceptors (Lipinski definition) is 7. The van der Waals surface area contributed by atoms with Gasteiger partial charge in [0, 0.05) is 61.0 Å². The predicted octanol–water partition coefficient (Wildman–Crippen LogP) is 3.32. The molecule has 36 heavy (non-hydrogen) atoms. The molecule has 0 bridgehead atoms. The van der Waals surface area contributed by atoms with Crippen LogP contribution in [0.5, 0.6) is 17.2 Å². The Labute approximate surface area is 210 Å². The van der Waals surface area contributed by atoms with Crippen LogP contribution in [-0.4, -0.2) is 63.9 Å². The summed E-state index contributed by atoms with van der Waals surface area (Å²) >= 11 is 0. The summed E-state index contributed by atoms with van der Waals surface area (Å²) in [6, 6.07) is 10.6. The number of amides is 2. The molecule has 9 heteroatoms. The lowest BCUT2D eigenvalue weighted by Gasteiger charge is -2.38. The molecule has 0 aromatic heterocycles. The van der Waals surface area contributed by atoms with Gasteiger partial charge in [0.05, 0.1) is 32.3 Å². The number of piperidine rings is 1. The third-order valence-electron chi connectivity index (χ3n) is 7.30. The van der Waals surface area contributed by atoms with Crippen LogP contribution in [0.1, 0.15) is 35.2 Å². The van der Waals surface area contributed by atoms with E-state index < -0.39 is 5.41 Å². The Morgan fingerprint density at radius 2 is 1.58 bits per heavy atom. The first-order valence-corrected chi connectivity index (χ1v) is 11.9. The topological polar surface area (TPSA) is 118 Å². The Balaban J connectivity index is 1.48. The van der Waals surface area contributed by atoms with Gasteiger partial charge in [-0.1, -0.05) is 0 Å². The Bertz CT molecular complexity index is 1200. The first-order valence-electron chi connectivity index (χ1n) is 11.9. The fraction of sp³-hybridized carbons (Fsp3) is 0.370. The molecule has 2 aromatic carbocycles. The zero-order chi connectivity index (χ0) is 25.9. The molecule has 1 spiro atoms. The molecular formula is C27H32N4O5. The highest BCUT2D eigenvalue weighted by atomic mass is 16.5. The van der Waals surface area contributed by atoms with Crippen LogP contribution in [0.3, 0.4) is 0 Å². The van der Waals surface area contributed by atoms with Crippen molar-refractivity contribution in [2.24, 2.45) is 11.1 Å². The Morgan fingerprint density at radius 3 is 2.19 bits per heavy atom. The number of carbonyl (C=O) groups is 2. The Morgan fingerprint density at radius 1 is 0.944 bits per heavy atom. The first kappa shape index (κ1) is 25.1. The number of carbonyl (C=O) groups excluding carboxylic acids is 2. The second-order valence-electron chi connectivity index (χ2n) is 9.00. The number of ether oxygens (including phenoxy) is 3. The molecule has 2 saturated heterocycles. The Kier molecular flexibility index (Phi) is 7.19. The van der Waals surface area contributed by atoms with Crippen LogP contribution in [0.15, 0.2) is 42.6 Å². The summed E-state index contributed by atoms with van der Waals surface area (Å²) < 4.78 is 16.2. The second-order valence-corrected chi connectivity index (χ2v) is 9.00. The van der Waals surface area contributed by atoms with Crippen molar-refractivity contribution < 1.29 is 23.8 Å². The number of methoxy groups -OCH3 is 3. The van der Waals surface area contributed by atoms with Gasteiger partial charge in [0.25, 0.3) is 5.91 Å². The van der Waals surface area contributed by atoms with Crippen LogP contribution in [0.4, 0.5) is 5.69 Å². The van der Waals surface area contributed by atoms with Crippen molar-refractivity contribution in [2.45, 2.75) is 19.3 Å².